The molecule has 2 aliphatic carbocycles. The van der Waals surface area contributed by atoms with E-state index in [1.54, 1.807) is 6.08 Å². The standard InChI is InChI=1S/C31H52O6/c1-20(2)10-11-21(3)9-8-14-30-26(33)13-15-29(6,7)28(30)25(37-23(5)32)17-22(4)31(30,35)16-12-24-18-27(34)36-19-24/h18,20-22,25-26,28,33,35H,8-17,19H2,1-7H3. The fraction of sp³-hybridized carbons (Fsp3) is 0.871. The first-order chi connectivity index (χ1) is 17.2. The van der Waals surface area contributed by atoms with Crippen LogP contribution in [0, 0.1) is 34.5 Å². The minimum Gasteiger partial charge on any atom is -0.462 e. The number of aliphatic hydroxyl groups is 2. The minimum atomic E-state index is -1.15. The van der Waals surface area contributed by atoms with Crippen LogP contribution in [-0.4, -0.2) is 46.6 Å². The first-order valence-corrected chi connectivity index (χ1v) is 14.7. The van der Waals surface area contributed by atoms with Crippen molar-refractivity contribution in [2.45, 2.75) is 130 Å². The highest BCUT2D eigenvalue weighted by Gasteiger charge is 2.69. The lowest BCUT2D eigenvalue weighted by molar-refractivity contribution is -0.291. The average Bonchev–Trinajstić information content (AvgIpc) is 3.21. The molecule has 0 aromatic heterocycles. The van der Waals surface area contributed by atoms with E-state index >= 15 is 0 Å². The zero-order valence-corrected chi connectivity index (χ0v) is 24.3. The zero-order chi connectivity index (χ0) is 27.6. The fourth-order valence-electron chi connectivity index (χ4n) is 8.12. The SMILES string of the molecule is CC(=O)OC1CC(C)C(O)(CCC2=CC(=O)OC2)C2(CCCC(C)CCC(C)C)C(O)CCC(C)(C)C12. The molecule has 0 bridgehead atoms. The summed E-state index contributed by atoms with van der Waals surface area (Å²) in [6.07, 6.45) is 8.58. The Morgan fingerprint density at radius 2 is 1.89 bits per heavy atom. The van der Waals surface area contributed by atoms with Gasteiger partial charge < -0.3 is 19.7 Å². The Balaban J connectivity index is 1.99. The number of ether oxygens (including phenoxy) is 2. The predicted octanol–water partition coefficient (Wildman–Crippen LogP) is 5.98. The van der Waals surface area contributed by atoms with Crippen molar-refractivity contribution in [2.75, 3.05) is 6.61 Å². The molecule has 37 heavy (non-hydrogen) atoms. The Hall–Kier alpha value is -1.40. The number of hydrogen-bond acceptors (Lipinski definition) is 6. The normalized spacial score (nSPS) is 36.1. The van der Waals surface area contributed by atoms with Gasteiger partial charge in [-0.15, -0.1) is 0 Å². The summed E-state index contributed by atoms with van der Waals surface area (Å²) >= 11 is 0. The Morgan fingerprint density at radius 3 is 2.49 bits per heavy atom. The maximum Gasteiger partial charge on any atom is 0.331 e. The second kappa shape index (κ2) is 11.8. The van der Waals surface area contributed by atoms with Crippen molar-refractivity contribution in [1.29, 1.82) is 0 Å². The highest BCUT2D eigenvalue weighted by Crippen LogP contribution is 2.66. The van der Waals surface area contributed by atoms with Gasteiger partial charge in [0.25, 0.3) is 0 Å². The Kier molecular flexibility index (Phi) is 9.59. The highest BCUT2D eigenvalue weighted by molar-refractivity contribution is 5.85. The Bertz CT molecular complexity index is 847. The van der Waals surface area contributed by atoms with E-state index in [1.807, 2.05) is 6.92 Å². The number of rotatable bonds is 11. The van der Waals surface area contributed by atoms with E-state index in [2.05, 4.69) is 34.6 Å². The molecule has 3 rings (SSSR count). The summed E-state index contributed by atoms with van der Waals surface area (Å²) in [5.74, 6) is 0.304. The molecule has 0 radical (unpaired) electrons. The quantitative estimate of drug-likeness (QED) is 0.326. The van der Waals surface area contributed by atoms with Crippen LogP contribution >= 0.6 is 0 Å². The van der Waals surface area contributed by atoms with Gasteiger partial charge in [0.1, 0.15) is 12.7 Å². The van der Waals surface area contributed by atoms with Gasteiger partial charge in [0.15, 0.2) is 0 Å². The van der Waals surface area contributed by atoms with Gasteiger partial charge in [-0.3, -0.25) is 4.79 Å². The van der Waals surface area contributed by atoms with Gasteiger partial charge in [-0.05, 0) is 67.3 Å². The van der Waals surface area contributed by atoms with Gasteiger partial charge in [0, 0.05) is 24.3 Å². The molecule has 0 aromatic rings. The lowest BCUT2D eigenvalue weighted by atomic mass is 9.40. The molecule has 1 aliphatic heterocycles. The smallest absolute Gasteiger partial charge is 0.331 e. The summed E-state index contributed by atoms with van der Waals surface area (Å²) in [4.78, 5) is 23.9. The molecule has 2 fully saturated rings. The zero-order valence-electron chi connectivity index (χ0n) is 24.3. The van der Waals surface area contributed by atoms with Crippen LogP contribution in [0.25, 0.3) is 0 Å². The number of hydrogen-bond donors (Lipinski definition) is 2. The van der Waals surface area contributed by atoms with Crippen LogP contribution < -0.4 is 0 Å². The fourth-order valence-corrected chi connectivity index (χ4v) is 8.12. The van der Waals surface area contributed by atoms with Crippen LogP contribution in [0.3, 0.4) is 0 Å². The van der Waals surface area contributed by atoms with Crippen molar-refractivity contribution in [1.82, 2.24) is 0 Å². The van der Waals surface area contributed by atoms with Crippen LogP contribution in [0.1, 0.15) is 113 Å². The first-order valence-electron chi connectivity index (χ1n) is 14.7. The lowest BCUT2D eigenvalue weighted by Crippen LogP contribution is -2.72. The maximum absolute atomic E-state index is 12.8. The molecule has 0 spiro atoms. The third kappa shape index (κ3) is 6.27. The molecular formula is C31H52O6. The molecule has 7 atom stereocenters. The van der Waals surface area contributed by atoms with Crippen molar-refractivity contribution in [2.24, 2.45) is 34.5 Å². The molecule has 2 N–H and O–H groups in total. The van der Waals surface area contributed by atoms with Crippen molar-refractivity contribution in [3.63, 3.8) is 0 Å². The van der Waals surface area contributed by atoms with Gasteiger partial charge in [-0.25, -0.2) is 4.79 Å². The van der Waals surface area contributed by atoms with Gasteiger partial charge in [-0.1, -0.05) is 67.2 Å². The summed E-state index contributed by atoms with van der Waals surface area (Å²) < 4.78 is 11.1. The van der Waals surface area contributed by atoms with E-state index in [0.717, 1.165) is 24.8 Å². The molecule has 212 valence electrons. The number of esters is 2. The summed E-state index contributed by atoms with van der Waals surface area (Å²) in [5.41, 5.74) is -1.26. The summed E-state index contributed by atoms with van der Waals surface area (Å²) in [6.45, 7) is 15.0. The number of cyclic esters (lactones) is 1. The summed E-state index contributed by atoms with van der Waals surface area (Å²) in [6, 6.07) is 0. The number of carbonyl (C=O) groups is 2. The first kappa shape index (κ1) is 30.1. The molecule has 6 nitrogen and oxygen atoms in total. The van der Waals surface area contributed by atoms with Crippen LogP contribution in [0.5, 0.6) is 0 Å². The van der Waals surface area contributed by atoms with E-state index in [9.17, 15) is 19.8 Å². The van der Waals surface area contributed by atoms with E-state index < -0.39 is 17.1 Å². The number of fused-ring (bicyclic) bond motifs is 1. The molecule has 3 aliphatic rings. The highest BCUT2D eigenvalue weighted by atomic mass is 16.5. The second-order valence-electron chi connectivity index (χ2n) is 13.6. The largest absolute Gasteiger partial charge is 0.462 e. The molecule has 7 unspecified atom stereocenters. The van der Waals surface area contributed by atoms with Crippen LogP contribution in [0.2, 0.25) is 0 Å². The van der Waals surface area contributed by atoms with Gasteiger partial charge >= 0.3 is 11.9 Å². The van der Waals surface area contributed by atoms with Gasteiger partial charge in [-0.2, -0.15) is 0 Å². The van der Waals surface area contributed by atoms with E-state index in [0.29, 0.717) is 43.9 Å². The van der Waals surface area contributed by atoms with Crippen LogP contribution in [0.4, 0.5) is 0 Å². The average molecular weight is 521 g/mol. The number of aliphatic hydroxyl groups excluding tert-OH is 1. The second-order valence-corrected chi connectivity index (χ2v) is 13.6. The molecule has 0 amide bonds. The summed E-state index contributed by atoms with van der Waals surface area (Å²) in [7, 11) is 0. The Labute approximate surface area is 224 Å². The minimum absolute atomic E-state index is 0.157. The van der Waals surface area contributed by atoms with Crippen LogP contribution in [-0.2, 0) is 19.1 Å². The van der Waals surface area contributed by atoms with Crippen molar-refractivity contribution >= 4 is 11.9 Å². The molecular weight excluding hydrogens is 468 g/mol. The molecule has 2 saturated carbocycles. The third-order valence-electron chi connectivity index (χ3n) is 10.0. The topological polar surface area (TPSA) is 93.1 Å². The lowest BCUT2D eigenvalue weighted by Gasteiger charge is -2.67. The molecule has 6 heteroatoms. The Morgan fingerprint density at radius 1 is 1.19 bits per heavy atom. The predicted molar refractivity (Wildman–Crippen MR) is 145 cm³/mol. The van der Waals surface area contributed by atoms with Crippen molar-refractivity contribution in [3.05, 3.63) is 11.6 Å². The summed E-state index contributed by atoms with van der Waals surface area (Å²) in [5, 5.41) is 24.6. The van der Waals surface area contributed by atoms with E-state index in [1.165, 1.54) is 19.8 Å². The van der Waals surface area contributed by atoms with Gasteiger partial charge in [0.2, 0.25) is 0 Å². The maximum atomic E-state index is 12.8. The van der Waals surface area contributed by atoms with Crippen molar-refractivity contribution in [3.8, 4) is 0 Å². The third-order valence-corrected chi connectivity index (χ3v) is 10.0. The number of carbonyl (C=O) groups excluding carboxylic acids is 2. The molecule has 1 heterocycles. The van der Waals surface area contributed by atoms with E-state index in [4.69, 9.17) is 9.47 Å². The van der Waals surface area contributed by atoms with Gasteiger partial charge in [0.05, 0.1) is 11.7 Å². The van der Waals surface area contributed by atoms with Crippen molar-refractivity contribution < 1.29 is 29.3 Å². The van der Waals surface area contributed by atoms with Crippen LogP contribution in [0.15, 0.2) is 11.6 Å². The van der Waals surface area contributed by atoms with E-state index in [-0.39, 0.29) is 41.9 Å². The monoisotopic (exact) mass is 520 g/mol. The molecule has 0 saturated heterocycles. The molecule has 0 aromatic carbocycles.